The number of hydrogen-bond acceptors (Lipinski definition) is 2. The van der Waals surface area contributed by atoms with Crippen LogP contribution in [0.1, 0.15) is 78.1 Å². The molecular weight excluding hydrogens is 312 g/mol. The van der Waals surface area contributed by atoms with Gasteiger partial charge in [0.05, 0.1) is 12.8 Å². The molecule has 0 radical (unpaired) electrons. The Morgan fingerprint density at radius 1 is 0.652 bits per heavy atom. The maximum atomic E-state index is 11.0. The highest BCUT2D eigenvalue weighted by molar-refractivity contribution is 8.33. The summed E-state index contributed by atoms with van der Waals surface area (Å²) in [6.07, 6.45) is 9.78. The van der Waals surface area contributed by atoms with E-state index in [4.69, 9.17) is 10.2 Å². The minimum Gasteiger partial charge on any atom is -0.481 e. The van der Waals surface area contributed by atoms with Crippen LogP contribution in [0.3, 0.4) is 0 Å². The van der Waals surface area contributed by atoms with Crippen molar-refractivity contribution in [2.45, 2.75) is 78.1 Å². The molecule has 0 heterocycles. The number of carboxylic acid groups (broad SMARTS) is 2. The fourth-order valence-electron chi connectivity index (χ4n) is 2.89. The molecule has 0 aromatic carbocycles. The lowest BCUT2D eigenvalue weighted by molar-refractivity contribution is -0.137. The van der Waals surface area contributed by atoms with Gasteiger partial charge >= 0.3 is 11.9 Å². The summed E-state index contributed by atoms with van der Waals surface area (Å²) in [6, 6.07) is 0. The summed E-state index contributed by atoms with van der Waals surface area (Å²) in [5, 5.41) is 18.1. The molecule has 0 fully saturated rings. The van der Waals surface area contributed by atoms with Crippen molar-refractivity contribution in [3.05, 3.63) is 0 Å². The molecule has 2 N–H and O–H groups in total. The normalized spacial score (nSPS) is 12.3. The Morgan fingerprint density at radius 3 is 1.35 bits per heavy atom. The fourth-order valence-corrected chi connectivity index (χ4v) is 6.96. The zero-order valence-corrected chi connectivity index (χ0v) is 15.8. The van der Waals surface area contributed by atoms with Crippen LogP contribution < -0.4 is 0 Å². The number of aliphatic carboxylic acids is 2. The van der Waals surface area contributed by atoms with Crippen molar-refractivity contribution in [1.82, 2.24) is 0 Å². The summed E-state index contributed by atoms with van der Waals surface area (Å²) in [6.45, 7) is 4.36. The van der Waals surface area contributed by atoms with Gasteiger partial charge in [-0.05, 0) is 35.9 Å². The highest BCUT2D eigenvalue weighted by atomic mass is 32.3. The van der Waals surface area contributed by atoms with Gasteiger partial charge in [0.15, 0.2) is 0 Å². The lowest BCUT2D eigenvalue weighted by atomic mass is 10.2. The maximum Gasteiger partial charge on any atom is 0.304 e. The largest absolute Gasteiger partial charge is 0.481 e. The molecular formula is C18H36O4S. The van der Waals surface area contributed by atoms with E-state index in [0.717, 1.165) is 24.3 Å². The Kier molecular flexibility index (Phi) is 13.3. The molecule has 0 rings (SSSR count). The molecule has 0 atom stereocenters. The first-order chi connectivity index (χ1) is 11.0. The van der Waals surface area contributed by atoms with Crippen LogP contribution in [0.4, 0.5) is 0 Å². The molecule has 0 amide bonds. The summed E-state index contributed by atoms with van der Waals surface area (Å²) in [5.74, 6) is 2.01. The average molecular weight is 349 g/mol. The van der Waals surface area contributed by atoms with E-state index in [1.807, 2.05) is 0 Å². The number of unbranched alkanes of at least 4 members (excludes halogenated alkanes) is 6. The second-order valence-corrected chi connectivity index (χ2v) is 10.5. The van der Waals surface area contributed by atoms with Crippen LogP contribution in [0.2, 0.25) is 0 Å². The van der Waals surface area contributed by atoms with Gasteiger partial charge in [-0.1, -0.05) is 52.4 Å². The van der Waals surface area contributed by atoms with Crippen LogP contribution in [-0.2, 0) is 9.59 Å². The zero-order chi connectivity index (χ0) is 17.6. The van der Waals surface area contributed by atoms with Crippen LogP contribution in [0, 0.1) is 0 Å². The van der Waals surface area contributed by atoms with Crippen LogP contribution in [-0.4, -0.2) is 45.2 Å². The summed E-state index contributed by atoms with van der Waals surface area (Å²) in [5.41, 5.74) is 0. The lowest BCUT2D eigenvalue weighted by Crippen LogP contribution is -2.21. The first kappa shape index (κ1) is 22.3. The average Bonchev–Trinajstić information content (AvgIpc) is 2.51. The van der Waals surface area contributed by atoms with E-state index in [2.05, 4.69) is 13.8 Å². The van der Waals surface area contributed by atoms with Crippen molar-refractivity contribution in [3.8, 4) is 0 Å². The Labute approximate surface area is 143 Å². The molecule has 0 aliphatic carbocycles. The summed E-state index contributed by atoms with van der Waals surface area (Å²) in [7, 11) is -1.11. The lowest BCUT2D eigenvalue weighted by Gasteiger charge is -2.40. The third-order valence-electron chi connectivity index (χ3n) is 4.36. The molecule has 0 aromatic heterocycles. The van der Waals surface area contributed by atoms with E-state index >= 15 is 0 Å². The van der Waals surface area contributed by atoms with Gasteiger partial charge in [-0.25, -0.2) is 10.0 Å². The predicted octanol–water partition coefficient (Wildman–Crippen LogP) is 4.90. The SMILES string of the molecule is CCCCCCS(CCCCCC)(CCC(=O)O)CCC(=O)O. The Hall–Kier alpha value is -0.710. The smallest absolute Gasteiger partial charge is 0.304 e. The first-order valence-electron chi connectivity index (χ1n) is 9.13. The Balaban J connectivity index is 4.75. The van der Waals surface area contributed by atoms with Gasteiger partial charge in [0.1, 0.15) is 0 Å². The van der Waals surface area contributed by atoms with Gasteiger partial charge in [0.2, 0.25) is 0 Å². The Bertz CT molecular complexity index is 299. The van der Waals surface area contributed by atoms with Gasteiger partial charge in [-0.2, -0.15) is 0 Å². The molecule has 5 heteroatoms. The molecule has 0 bridgehead atoms. The van der Waals surface area contributed by atoms with Gasteiger partial charge < -0.3 is 10.2 Å². The molecule has 0 unspecified atom stereocenters. The quantitative estimate of drug-likeness (QED) is 0.389. The standard InChI is InChI=1S/C18H36O4S/c1-3-5-7-9-13-23(15-11-17(19)20,16-12-18(21)22)14-10-8-6-4-2/h3-16H2,1-2H3,(H,19,20)(H,21,22). The van der Waals surface area contributed by atoms with E-state index in [-0.39, 0.29) is 12.8 Å². The van der Waals surface area contributed by atoms with Crippen molar-refractivity contribution in [2.75, 3.05) is 23.0 Å². The summed E-state index contributed by atoms with van der Waals surface area (Å²) in [4.78, 5) is 22.1. The predicted molar refractivity (Wildman–Crippen MR) is 99.8 cm³/mol. The van der Waals surface area contributed by atoms with Crippen LogP contribution in [0.15, 0.2) is 0 Å². The van der Waals surface area contributed by atoms with E-state index in [1.54, 1.807) is 0 Å². The topological polar surface area (TPSA) is 74.6 Å². The molecule has 4 nitrogen and oxygen atoms in total. The summed E-state index contributed by atoms with van der Waals surface area (Å²) < 4.78 is 0. The van der Waals surface area contributed by atoms with Gasteiger partial charge in [0.25, 0.3) is 0 Å². The molecule has 0 aliphatic rings. The molecule has 0 aromatic rings. The molecule has 0 aliphatic heterocycles. The number of rotatable bonds is 16. The third kappa shape index (κ3) is 12.4. The number of carboxylic acids is 2. The molecule has 23 heavy (non-hydrogen) atoms. The second kappa shape index (κ2) is 13.7. The van der Waals surface area contributed by atoms with E-state index < -0.39 is 22.0 Å². The van der Waals surface area contributed by atoms with E-state index in [9.17, 15) is 9.59 Å². The van der Waals surface area contributed by atoms with Crippen LogP contribution in [0.5, 0.6) is 0 Å². The van der Waals surface area contributed by atoms with Crippen molar-refractivity contribution >= 4 is 22.0 Å². The van der Waals surface area contributed by atoms with Crippen LogP contribution in [0.25, 0.3) is 0 Å². The summed E-state index contributed by atoms with van der Waals surface area (Å²) >= 11 is 0. The van der Waals surface area contributed by atoms with Crippen molar-refractivity contribution in [3.63, 3.8) is 0 Å². The monoisotopic (exact) mass is 348 g/mol. The highest BCUT2D eigenvalue weighted by Gasteiger charge is 2.25. The minimum absolute atomic E-state index is 0.191. The second-order valence-electron chi connectivity index (χ2n) is 6.45. The molecule has 0 spiro atoms. The maximum absolute atomic E-state index is 11.0. The minimum atomic E-state index is -1.11. The Morgan fingerprint density at radius 2 is 1.04 bits per heavy atom. The van der Waals surface area contributed by atoms with Gasteiger partial charge in [0, 0.05) is 0 Å². The van der Waals surface area contributed by atoms with Gasteiger partial charge in [-0.3, -0.25) is 9.59 Å². The molecule has 138 valence electrons. The zero-order valence-electron chi connectivity index (χ0n) is 15.0. The van der Waals surface area contributed by atoms with Crippen molar-refractivity contribution in [2.24, 2.45) is 0 Å². The van der Waals surface area contributed by atoms with Crippen molar-refractivity contribution in [1.29, 1.82) is 0 Å². The van der Waals surface area contributed by atoms with Crippen LogP contribution >= 0.6 is 10.0 Å². The number of hydrogen-bond donors (Lipinski definition) is 2. The first-order valence-corrected chi connectivity index (χ1v) is 11.4. The highest BCUT2D eigenvalue weighted by Crippen LogP contribution is 2.51. The van der Waals surface area contributed by atoms with E-state index in [0.29, 0.717) is 11.5 Å². The number of carbonyl (C=O) groups is 2. The fraction of sp³-hybridized carbons (Fsp3) is 0.889. The van der Waals surface area contributed by atoms with Crippen molar-refractivity contribution < 1.29 is 19.8 Å². The van der Waals surface area contributed by atoms with E-state index in [1.165, 1.54) is 38.5 Å². The van der Waals surface area contributed by atoms with Gasteiger partial charge in [-0.15, -0.1) is 0 Å². The molecule has 0 saturated carbocycles. The third-order valence-corrected chi connectivity index (χ3v) is 8.81. The molecule has 0 saturated heterocycles.